The van der Waals surface area contributed by atoms with Crippen LogP contribution < -0.4 is 11.2 Å². The topological polar surface area (TPSA) is 54.9 Å². The van der Waals surface area contributed by atoms with Gasteiger partial charge in [-0.1, -0.05) is 11.6 Å². The number of nitrogens with one attached hydrogen (secondary N) is 1. The lowest BCUT2D eigenvalue weighted by molar-refractivity contribution is 0.625. The van der Waals surface area contributed by atoms with Crippen LogP contribution in [0, 0.1) is 12.7 Å². The molecule has 1 heterocycles. The lowest BCUT2D eigenvalue weighted by Gasteiger charge is -2.08. The zero-order valence-corrected chi connectivity index (χ0v) is 11.5. The van der Waals surface area contributed by atoms with Crippen molar-refractivity contribution in [1.82, 2.24) is 9.55 Å². The fourth-order valence-corrected chi connectivity index (χ4v) is 2.06. The predicted octanol–water partition coefficient (Wildman–Crippen LogP) is 2.39. The van der Waals surface area contributed by atoms with Gasteiger partial charge in [-0.15, -0.1) is 0 Å². The summed E-state index contributed by atoms with van der Waals surface area (Å²) in [5.74, 6) is -0.549. The normalized spacial score (nSPS) is 10.7. The van der Waals surface area contributed by atoms with Crippen LogP contribution in [-0.4, -0.2) is 9.55 Å². The molecular weight excluding hydrogens is 326 g/mol. The van der Waals surface area contributed by atoms with E-state index < -0.39 is 17.1 Å². The highest BCUT2D eigenvalue weighted by Gasteiger charge is 2.13. The van der Waals surface area contributed by atoms with Gasteiger partial charge in [-0.25, -0.2) is 13.8 Å². The number of nitrogens with zero attached hydrogens (tertiary/aromatic N) is 1. The molecule has 2 rings (SSSR count). The summed E-state index contributed by atoms with van der Waals surface area (Å²) in [5.41, 5.74) is -0.995. The first kappa shape index (κ1) is 13.0. The molecule has 2 aromatic rings. The van der Waals surface area contributed by atoms with Crippen molar-refractivity contribution in [2.75, 3.05) is 0 Å². The molecule has 18 heavy (non-hydrogen) atoms. The van der Waals surface area contributed by atoms with Gasteiger partial charge in [0.2, 0.25) is 0 Å². The Morgan fingerprint density at radius 3 is 2.72 bits per heavy atom. The maximum atomic E-state index is 13.2. The number of halogens is 3. The van der Waals surface area contributed by atoms with E-state index in [0.717, 1.165) is 10.6 Å². The minimum absolute atomic E-state index is 0.0197. The third kappa shape index (κ3) is 2.13. The van der Waals surface area contributed by atoms with Gasteiger partial charge in [-0.2, -0.15) is 0 Å². The average Bonchev–Trinajstić information content (AvgIpc) is 2.31. The molecule has 0 radical (unpaired) electrons. The Bertz CT molecular complexity index is 739. The summed E-state index contributed by atoms with van der Waals surface area (Å²) in [6.07, 6.45) is 0. The van der Waals surface area contributed by atoms with Crippen molar-refractivity contribution in [3.05, 3.63) is 60.0 Å². The lowest BCUT2D eigenvalue weighted by atomic mass is 10.3. The summed E-state index contributed by atoms with van der Waals surface area (Å²) in [5, 5.41) is -0.0197. The largest absolute Gasteiger partial charge is 0.334 e. The third-order valence-corrected chi connectivity index (χ3v) is 3.47. The van der Waals surface area contributed by atoms with E-state index in [1.54, 1.807) is 0 Å². The van der Waals surface area contributed by atoms with Gasteiger partial charge in [-0.3, -0.25) is 9.78 Å². The Morgan fingerprint density at radius 2 is 2.06 bits per heavy atom. The van der Waals surface area contributed by atoms with E-state index in [0.29, 0.717) is 4.47 Å². The maximum absolute atomic E-state index is 13.2. The van der Waals surface area contributed by atoms with Gasteiger partial charge < -0.3 is 0 Å². The number of aromatic nitrogens is 2. The maximum Gasteiger partial charge on any atom is 0.334 e. The minimum atomic E-state index is -0.720. The molecule has 94 valence electrons. The minimum Gasteiger partial charge on any atom is -0.297 e. The number of benzene rings is 1. The van der Waals surface area contributed by atoms with Crippen molar-refractivity contribution < 1.29 is 4.39 Å². The molecule has 1 N–H and O–H groups in total. The van der Waals surface area contributed by atoms with Crippen LogP contribution in [-0.2, 0) is 0 Å². The summed E-state index contributed by atoms with van der Waals surface area (Å²) in [4.78, 5) is 26.1. The van der Waals surface area contributed by atoms with Crippen molar-refractivity contribution in [3.63, 3.8) is 0 Å². The van der Waals surface area contributed by atoms with E-state index >= 15 is 0 Å². The van der Waals surface area contributed by atoms with E-state index in [1.807, 2.05) is 0 Å². The quantitative estimate of drug-likeness (QED) is 0.815. The molecule has 0 saturated carbocycles. The van der Waals surface area contributed by atoms with Crippen molar-refractivity contribution >= 4 is 27.5 Å². The van der Waals surface area contributed by atoms with Gasteiger partial charge in [0.15, 0.2) is 0 Å². The van der Waals surface area contributed by atoms with Crippen LogP contribution >= 0.6 is 27.5 Å². The molecule has 0 unspecified atom stereocenters. The second-order valence-electron chi connectivity index (χ2n) is 3.61. The van der Waals surface area contributed by atoms with E-state index in [2.05, 4.69) is 20.9 Å². The molecule has 1 aromatic heterocycles. The smallest absolute Gasteiger partial charge is 0.297 e. The second kappa shape index (κ2) is 4.70. The highest BCUT2D eigenvalue weighted by molar-refractivity contribution is 9.10. The Morgan fingerprint density at radius 1 is 1.39 bits per heavy atom. The summed E-state index contributed by atoms with van der Waals surface area (Å²) in [6.45, 7) is 1.48. The highest BCUT2D eigenvalue weighted by atomic mass is 79.9. The molecule has 0 aliphatic heterocycles. The van der Waals surface area contributed by atoms with Gasteiger partial charge in [0.1, 0.15) is 11.0 Å². The van der Waals surface area contributed by atoms with Crippen LogP contribution in [0.1, 0.15) is 5.56 Å². The van der Waals surface area contributed by atoms with Crippen molar-refractivity contribution in [2.24, 2.45) is 0 Å². The summed E-state index contributed by atoms with van der Waals surface area (Å²) < 4.78 is 14.5. The van der Waals surface area contributed by atoms with Gasteiger partial charge in [-0.05, 0) is 41.1 Å². The SMILES string of the molecule is Cc1c(Cl)[nH]c(=O)n(-c2cc(F)ccc2Br)c1=O. The second-order valence-corrected chi connectivity index (χ2v) is 4.84. The zero-order valence-electron chi connectivity index (χ0n) is 9.13. The fourth-order valence-electron chi connectivity index (χ4n) is 1.47. The first-order valence-corrected chi connectivity index (χ1v) is 6.06. The average molecular weight is 334 g/mol. The van der Waals surface area contributed by atoms with Crippen LogP contribution in [0.15, 0.2) is 32.3 Å². The van der Waals surface area contributed by atoms with Gasteiger partial charge in [0.25, 0.3) is 5.56 Å². The molecular formula is C11H7BrClFN2O2. The molecule has 0 amide bonds. The van der Waals surface area contributed by atoms with Crippen molar-refractivity contribution in [2.45, 2.75) is 6.92 Å². The number of aromatic amines is 1. The van der Waals surface area contributed by atoms with E-state index in [-0.39, 0.29) is 16.4 Å². The van der Waals surface area contributed by atoms with E-state index in [9.17, 15) is 14.0 Å². The van der Waals surface area contributed by atoms with Crippen LogP contribution in [0.3, 0.4) is 0 Å². The van der Waals surface area contributed by atoms with Crippen LogP contribution in [0.5, 0.6) is 0 Å². The monoisotopic (exact) mass is 332 g/mol. The molecule has 0 fully saturated rings. The Kier molecular flexibility index (Phi) is 3.41. The number of hydrogen-bond acceptors (Lipinski definition) is 2. The summed E-state index contributed by atoms with van der Waals surface area (Å²) in [7, 11) is 0. The molecule has 0 saturated heterocycles. The molecule has 0 aliphatic carbocycles. The van der Waals surface area contributed by atoms with Gasteiger partial charge >= 0.3 is 5.69 Å². The number of rotatable bonds is 1. The highest BCUT2D eigenvalue weighted by Crippen LogP contribution is 2.20. The molecule has 1 aromatic carbocycles. The first-order valence-electron chi connectivity index (χ1n) is 4.88. The molecule has 0 bridgehead atoms. The molecule has 0 aliphatic rings. The standard InChI is InChI=1S/C11H7BrClFN2O2/c1-5-9(13)15-11(18)16(10(5)17)8-4-6(14)2-3-7(8)12/h2-4H,1H3,(H,15,18). The van der Waals surface area contributed by atoms with Crippen molar-refractivity contribution in [3.8, 4) is 5.69 Å². The number of hydrogen-bond donors (Lipinski definition) is 1. The van der Waals surface area contributed by atoms with E-state index in [1.165, 1.54) is 19.1 Å². The zero-order chi connectivity index (χ0) is 13.4. The molecule has 4 nitrogen and oxygen atoms in total. The Labute approximate surface area is 114 Å². The van der Waals surface area contributed by atoms with Crippen LogP contribution in [0.4, 0.5) is 4.39 Å². The third-order valence-electron chi connectivity index (χ3n) is 2.42. The first-order chi connectivity index (χ1) is 8.41. The Hall–Kier alpha value is -1.40. The Balaban J connectivity index is 2.88. The predicted molar refractivity (Wildman–Crippen MR) is 70.1 cm³/mol. The van der Waals surface area contributed by atoms with Gasteiger partial charge in [0.05, 0.1) is 11.3 Å². The van der Waals surface area contributed by atoms with Crippen LogP contribution in [0.25, 0.3) is 5.69 Å². The molecule has 0 spiro atoms. The fraction of sp³-hybridized carbons (Fsp3) is 0.0909. The summed E-state index contributed by atoms with van der Waals surface area (Å²) >= 11 is 8.86. The lowest BCUT2D eigenvalue weighted by Crippen LogP contribution is -2.35. The van der Waals surface area contributed by atoms with Crippen LogP contribution in [0.2, 0.25) is 5.15 Å². The molecule has 0 atom stereocenters. The van der Waals surface area contributed by atoms with E-state index in [4.69, 9.17) is 11.6 Å². The van der Waals surface area contributed by atoms with Gasteiger partial charge in [0, 0.05) is 4.47 Å². The summed E-state index contributed by atoms with van der Waals surface area (Å²) in [6, 6.07) is 3.73. The number of H-pyrrole nitrogens is 1. The van der Waals surface area contributed by atoms with Crippen molar-refractivity contribution in [1.29, 1.82) is 0 Å². The molecule has 7 heteroatoms.